The standard InChI is InChI=1S/C11H10N4O2S/c1(9-6-18-7-12-9)2-11-13-10(15-17-11)5-8-3-4-16-14-8/h3-4,6-7H,1-2,5H2. The lowest BCUT2D eigenvalue weighted by molar-refractivity contribution is 0.372. The fourth-order valence-electron chi connectivity index (χ4n) is 1.55. The van der Waals surface area contributed by atoms with Gasteiger partial charge in [0.05, 0.1) is 23.3 Å². The van der Waals surface area contributed by atoms with Crippen molar-refractivity contribution in [3.05, 3.63) is 46.3 Å². The van der Waals surface area contributed by atoms with Gasteiger partial charge in [0.1, 0.15) is 6.26 Å². The third-order valence-corrected chi connectivity index (χ3v) is 3.05. The van der Waals surface area contributed by atoms with Crippen LogP contribution >= 0.6 is 11.3 Å². The van der Waals surface area contributed by atoms with Gasteiger partial charge in [-0.2, -0.15) is 4.98 Å². The summed E-state index contributed by atoms with van der Waals surface area (Å²) < 4.78 is 9.91. The first-order valence-corrected chi connectivity index (χ1v) is 6.42. The van der Waals surface area contributed by atoms with Crippen LogP contribution in [-0.4, -0.2) is 20.3 Å². The van der Waals surface area contributed by atoms with E-state index in [1.165, 1.54) is 6.26 Å². The van der Waals surface area contributed by atoms with Crippen molar-refractivity contribution in [1.82, 2.24) is 20.3 Å². The monoisotopic (exact) mass is 262 g/mol. The minimum atomic E-state index is 0.525. The fraction of sp³-hybridized carbons (Fsp3) is 0.273. The van der Waals surface area contributed by atoms with Crippen molar-refractivity contribution in [1.29, 1.82) is 0 Å². The Bertz CT molecular complexity index is 588. The Labute approximate surface area is 107 Å². The third-order valence-electron chi connectivity index (χ3n) is 2.42. The average molecular weight is 262 g/mol. The van der Waals surface area contributed by atoms with Gasteiger partial charge in [-0.1, -0.05) is 10.3 Å². The van der Waals surface area contributed by atoms with E-state index in [4.69, 9.17) is 9.05 Å². The molecule has 0 amide bonds. The molecular weight excluding hydrogens is 252 g/mol. The lowest BCUT2D eigenvalue weighted by Gasteiger charge is -1.90. The molecule has 0 atom stereocenters. The van der Waals surface area contributed by atoms with Crippen molar-refractivity contribution in [3.8, 4) is 0 Å². The second-order valence-corrected chi connectivity index (χ2v) is 4.47. The van der Waals surface area contributed by atoms with Gasteiger partial charge in [-0.05, 0) is 6.42 Å². The van der Waals surface area contributed by atoms with Gasteiger partial charge in [0.25, 0.3) is 0 Å². The molecule has 0 saturated heterocycles. The molecule has 0 aliphatic heterocycles. The smallest absolute Gasteiger partial charge is 0.227 e. The van der Waals surface area contributed by atoms with Crippen molar-refractivity contribution in [2.75, 3.05) is 0 Å². The summed E-state index contributed by atoms with van der Waals surface area (Å²) >= 11 is 1.59. The quantitative estimate of drug-likeness (QED) is 0.698. The molecule has 0 aliphatic rings. The topological polar surface area (TPSA) is 77.8 Å². The zero-order valence-corrected chi connectivity index (χ0v) is 10.3. The highest BCUT2D eigenvalue weighted by Crippen LogP contribution is 2.08. The van der Waals surface area contributed by atoms with Crippen molar-refractivity contribution in [2.24, 2.45) is 0 Å². The second-order valence-electron chi connectivity index (χ2n) is 3.75. The van der Waals surface area contributed by atoms with Crippen LogP contribution < -0.4 is 0 Å². The molecule has 0 aromatic carbocycles. The molecule has 18 heavy (non-hydrogen) atoms. The summed E-state index contributed by atoms with van der Waals surface area (Å²) in [4.78, 5) is 8.51. The first-order chi connectivity index (χ1) is 8.90. The highest BCUT2D eigenvalue weighted by Gasteiger charge is 2.09. The van der Waals surface area contributed by atoms with Crippen LogP contribution in [0.5, 0.6) is 0 Å². The Kier molecular flexibility index (Phi) is 3.14. The summed E-state index contributed by atoms with van der Waals surface area (Å²) in [6, 6.07) is 1.78. The summed E-state index contributed by atoms with van der Waals surface area (Å²) in [5, 5.41) is 9.73. The van der Waals surface area contributed by atoms with Crippen LogP contribution in [0.3, 0.4) is 0 Å². The molecule has 0 radical (unpaired) electrons. The van der Waals surface area contributed by atoms with Gasteiger partial charge >= 0.3 is 0 Å². The maximum absolute atomic E-state index is 5.17. The highest BCUT2D eigenvalue weighted by molar-refractivity contribution is 7.07. The molecule has 0 spiro atoms. The fourth-order valence-corrected chi connectivity index (χ4v) is 2.14. The van der Waals surface area contributed by atoms with Crippen LogP contribution in [0.4, 0.5) is 0 Å². The van der Waals surface area contributed by atoms with Gasteiger partial charge < -0.3 is 9.05 Å². The predicted octanol–water partition coefficient (Wildman–Crippen LogP) is 1.89. The first kappa shape index (κ1) is 11.1. The number of aromatic nitrogens is 4. The maximum atomic E-state index is 5.17. The van der Waals surface area contributed by atoms with Crippen LogP contribution in [-0.2, 0) is 19.3 Å². The molecule has 3 rings (SSSR count). The Morgan fingerprint density at radius 2 is 2.17 bits per heavy atom. The van der Waals surface area contributed by atoms with E-state index in [1.807, 2.05) is 10.9 Å². The lowest BCUT2D eigenvalue weighted by atomic mass is 10.2. The Morgan fingerprint density at radius 1 is 1.17 bits per heavy atom. The molecule has 0 aliphatic carbocycles. The normalized spacial score (nSPS) is 10.9. The summed E-state index contributed by atoms with van der Waals surface area (Å²) in [5.74, 6) is 1.25. The number of rotatable bonds is 5. The zero-order chi connectivity index (χ0) is 12.2. The first-order valence-electron chi connectivity index (χ1n) is 5.48. The number of nitrogens with zero attached hydrogens (tertiary/aromatic N) is 4. The van der Waals surface area contributed by atoms with Gasteiger partial charge in [-0.25, -0.2) is 4.98 Å². The van der Waals surface area contributed by atoms with Gasteiger partial charge in [0.15, 0.2) is 5.82 Å². The summed E-state index contributed by atoms with van der Waals surface area (Å²) in [6.07, 6.45) is 3.57. The van der Waals surface area contributed by atoms with Gasteiger partial charge in [-0.15, -0.1) is 11.3 Å². The molecule has 7 heteroatoms. The van der Waals surface area contributed by atoms with Crippen LogP contribution in [0.1, 0.15) is 23.1 Å². The summed E-state index contributed by atoms with van der Waals surface area (Å²) in [7, 11) is 0. The van der Waals surface area contributed by atoms with Gasteiger partial charge in [0.2, 0.25) is 5.89 Å². The van der Waals surface area contributed by atoms with Crippen LogP contribution in [0, 0.1) is 0 Å². The van der Waals surface area contributed by atoms with E-state index in [1.54, 1.807) is 17.4 Å². The third kappa shape index (κ3) is 2.62. The highest BCUT2D eigenvalue weighted by atomic mass is 32.1. The molecule has 6 nitrogen and oxygen atoms in total. The van der Waals surface area contributed by atoms with E-state index < -0.39 is 0 Å². The van der Waals surface area contributed by atoms with E-state index in [9.17, 15) is 0 Å². The molecule has 0 saturated carbocycles. The van der Waals surface area contributed by atoms with Crippen molar-refractivity contribution >= 4 is 11.3 Å². The Morgan fingerprint density at radius 3 is 2.94 bits per heavy atom. The molecule has 92 valence electrons. The maximum Gasteiger partial charge on any atom is 0.227 e. The number of aryl methyl sites for hydroxylation is 2. The van der Waals surface area contributed by atoms with E-state index >= 15 is 0 Å². The molecular formula is C11H10N4O2S. The van der Waals surface area contributed by atoms with E-state index in [0.29, 0.717) is 24.6 Å². The van der Waals surface area contributed by atoms with Crippen LogP contribution in [0.2, 0.25) is 0 Å². The zero-order valence-electron chi connectivity index (χ0n) is 9.44. The van der Waals surface area contributed by atoms with Crippen molar-refractivity contribution in [2.45, 2.75) is 19.3 Å². The molecule has 0 fully saturated rings. The van der Waals surface area contributed by atoms with E-state index in [2.05, 4.69) is 20.3 Å². The van der Waals surface area contributed by atoms with Crippen molar-refractivity contribution < 1.29 is 9.05 Å². The van der Waals surface area contributed by atoms with Crippen LogP contribution in [0.25, 0.3) is 0 Å². The van der Waals surface area contributed by atoms with Gasteiger partial charge in [-0.3, -0.25) is 0 Å². The summed E-state index contributed by atoms with van der Waals surface area (Å²) in [5.41, 5.74) is 3.66. The van der Waals surface area contributed by atoms with Crippen molar-refractivity contribution in [3.63, 3.8) is 0 Å². The molecule has 3 heterocycles. The summed E-state index contributed by atoms with van der Waals surface area (Å²) in [6.45, 7) is 0. The number of thiazole rings is 1. The molecule has 3 aromatic rings. The molecule has 0 N–H and O–H groups in total. The predicted molar refractivity (Wildman–Crippen MR) is 63.1 cm³/mol. The lowest BCUT2D eigenvalue weighted by Crippen LogP contribution is -1.94. The minimum absolute atomic E-state index is 0.525. The Balaban J connectivity index is 1.59. The number of hydrogen-bond acceptors (Lipinski definition) is 7. The van der Waals surface area contributed by atoms with Gasteiger partial charge in [0, 0.05) is 17.9 Å². The second kappa shape index (κ2) is 5.09. The van der Waals surface area contributed by atoms with E-state index in [0.717, 1.165) is 17.8 Å². The average Bonchev–Trinajstić information content (AvgIpc) is 3.09. The largest absolute Gasteiger partial charge is 0.364 e. The molecule has 3 aromatic heterocycles. The molecule has 0 unspecified atom stereocenters. The minimum Gasteiger partial charge on any atom is -0.364 e. The number of hydrogen-bond donors (Lipinski definition) is 0. The van der Waals surface area contributed by atoms with E-state index in [-0.39, 0.29) is 0 Å². The molecule has 0 bridgehead atoms. The Hall–Kier alpha value is -2.02. The van der Waals surface area contributed by atoms with Crippen LogP contribution in [0.15, 0.2) is 32.3 Å². The SMILES string of the molecule is c1cc(Cc2noc(CCc3cscn3)n2)no1.